The first-order valence-corrected chi connectivity index (χ1v) is 5.31. The molecule has 0 radical (unpaired) electrons. The van der Waals surface area contributed by atoms with E-state index in [0.717, 1.165) is 0 Å². The van der Waals surface area contributed by atoms with Crippen LogP contribution < -0.4 is 5.73 Å². The van der Waals surface area contributed by atoms with Crippen molar-refractivity contribution >= 4 is 11.9 Å². The number of amides is 2. The van der Waals surface area contributed by atoms with Crippen molar-refractivity contribution in [2.45, 2.75) is 24.9 Å². The van der Waals surface area contributed by atoms with Crippen molar-refractivity contribution < 1.29 is 19.7 Å². The van der Waals surface area contributed by atoms with Crippen molar-refractivity contribution in [1.82, 2.24) is 4.90 Å². The molecule has 94 valence electrons. The summed E-state index contributed by atoms with van der Waals surface area (Å²) in [6, 6.07) is -0.509. The van der Waals surface area contributed by atoms with Gasteiger partial charge in [-0.3, -0.25) is 4.90 Å². The number of aliphatic hydroxyl groups is 2. The van der Waals surface area contributed by atoms with Crippen LogP contribution in [0.2, 0.25) is 0 Å². The lowest BCUT2D eigenvalue weighted by Crippen LogP contribution is -2.45. The van der Waals surface area contributed by atoms with Crippen LogP contribution in [0.3, 0.4) is 0 Å². The second-order valence-corrected chi connectivity index (χ2v) is 4.06. The molecule has 1 fully saturated rings. The Hall–Kier alpha value is -1.44. The van der Waals surface area contributed by atoms with Gasteiger partial charge >= 0.3 is 6.03 Å². The average molecular weight is 241 g/mol. The van der Waals surface area contributed by atoms with Crippen LogP contribution in [0.1, 0.15) is 6.42 Å². The smallest absolute Gasteiger partial charge is 0.347 e. The average Bonchev–Trinajstić information content (AvgIpc) is 2.57. The van der Waals surface area contributed by atoms with E-state index in [9.17, 15) is 9.90 Å². The van der Waals surface area contributed by atoms with Crippen LogP contribution >= 0.6 is 0 Å². The SMILES string of the molecule is C=C1[C@H](N2CCC(N)=NC2=O)O[C@H](CO)[C@H]1O. The van der Waals surface area contributed by atoms with Crippen molar-refractivity contribution in [1.29, 1.82) is 0 Å². The van der Waals surface area contributed by atoms with Gasteiger partial charge in [0, 0.05) is 18.5 Å². The molecule has 0 aromatic rings. The summed E-state index contributed by atoms with van der Waals surface area (Å²) < 4.78 is 5.38. The molecular formula is C10H15N3O4. The van der Waals surface area contributed by atoms with Crippen LogP contribution in [0.15, 0.2) is 17.1 Å². The molecule has 0 bridgehead atoms. The number of urea groups is 1. The first-order valence-electron chi connectivity index (χ1n) is 5.31. The molecular weight excluding hydrogens is 226 g/mol. The largest absolute Gasteiger partial charge is 0.394 e. The van der Waals surface area contributed by atoms with Gasteiger partial charge in [0.15, 0.2) is 6.23 Å². The molecule has 2 amide bonds. The fraction of sp³-hybridized carbons (Fsp3) is 0.600. The third-order valence-corrected chi connectivity index (χ3v) is 2.91. The van der Waals surface area contributed by atoms with E-state index < -0.39 is 24.5 Å². The van der Waals surface area contributed by atoms with Crippen molar-refractivity contribution in [3.05, 3.63) is 12.2 Å². The van der Waals surface area contributed by atoms with Gasteiger partial charge < -0.3 is 20.7 Å². The number of aliphatic hydroxyl groups excluding tert-OH is 2. The number of hydrogen-bond donors (Lipinski definition) is 3. The third-order valence-electron chi connectivity index (χ3n) is 2.91. The van der Waals surface area contributed by atoms with Crippen molar-refractivity contribution in [3.8, 4) is 0 Å². The normalized spacial score (nSPS) is 34.1. The summed E-state index contributed by atoms with van der Waals surface area (Å²) in [5.74, 6) is 0.286. The second kappa shape index (κ2) is 4.44. The van der Waals surface area contributed by atoms with Crippen molar-refractivity contribution in [2.24, 2.45) is 10.7 Å². The van der Waals surface area contributed by atoms with Gasteiger partial charge in [0.25, 0.3) is 0 Å². The number of aliphatic imine (C=N–C) groups is 1. The summed E-state index contributed by atoms with van der Waals surface area (Å²) in [4.78, 5) is 16.6. The first kappa shape index (κ1) is 12.0. The monoisotopic (exact) mass is 241 g/mol. The molecule has 0 aliphatic carbocycles. The Labute approximate surface area is 98.2 Å². The predicted octanol–water partition coefficient (Wildman–Crippen LogP) is -1.20. The number of ether oxygens (including phenoxy) is 1. The predicted molar refractivity (Wildman–Crippen MR) is 59.2 cm³/mol. The zero-order chi connectivity index (χ0) is 12.6. The number of hydrogen-bond acceptors (Lipinski definition) is 5. The van der Waals surface area contributed by atoms with E-state index in [1.807, 2.05) is 0 Å². The Morgan fingerprint density at radius 3 is 2.88 bits per heavy atom. The Bertz CT molecular complexity index is 382. The summed E-state index contributed by atoms with van der Waals surface area (Å²) in [6.07, 6.45) is -2.00. The number of carbonyl (C=O) groups is 1. The highest BCUT2D eigenvalue weighted by molar-refractivity contribution is 5.95. The van der Waals surface area contributed by atoms with Crippen LogP contribution in [-0.4, -0.2) is 58.6 Å². The van der Waals surface area contributed by atoms with Gasteiger partial charge in [0.1, 0.15) is 18.0 Å². The fourth-order valence-corrected chi connectivity index (χ4v) is 1.92. The minimum absolute atomic E-state index is 0.286. The Morgan fingerprint density at radius 1 is 1.65 bits per heavy atom. The van der Waals surface area contributed by atoms with E-state index in [1.165, 1.54) is 4.90 Å². The first-order chi connectivity index (χ1) is 8.04. The van der Waals surface area contributed by atoms with Crippen molar-refractivity contribution in [2.75, 3.05) is 13.2 Å². The van der Waals surface area contributed by atoms with Gasteiger partial charge in [-0.05, 0) is 0 Å². The van der Waals surface area contributed by atoms with Crippen LogP contribution in [-0.2, 0) is 4.74 Å². The lowest BCUT2D eigenvalue weighted by Gasteiger charge is -2.29. The van der Waals surface area contributed by atoms with Crippen molar-refractivity contribution in [3.63, 3.8) is 0 Å². The van der Waals surface area contributed by atoms with Crippen LogP contribution in [0.4, 0.5) is 4.79 Å². The van der Waals surface area contributed by atoms with Gasteiger partial charge in [0.2, 0.25) is 0 Å². The maximum atomic E-state index is 11.6. The summed E-state index contributed by atoms with van der Waals surface area (Å²) in [5.41, 5.74) is 5.81. The summed E-state index contributed by atoms with van der Waals surface area (Å²) in [5, 5.41) is 18.7. The van der Waals surface area contributed by atoms with Crippen LogP contribution in [0.25, 0.3) is 0 Å². The van der Waals surface area contributed by atoms with Crippen LogP contribution in [0, 0.1) is 0 Å². The van der Waals surface area contributed by atoms with E-state index >= 15 is 0 Å². The summed E-state index contributed by atoms with van der Waals surface area (Å²) >= 11 is 0. The molecule has 0 aromatic heterocycles. The summed E-state index contributed by atoms with van der Waals surface area (Å²) in [6.45, 7) is 3.72. The number of amidine groups is 1. The second-order valence-electron chi connectivity index (χ2n) is 4.06. The molecule has 1 saturated heterocycles. The maximum absolute atomic E-state index is 11.6. The molecule has 2 aliphatic rings. The number of nitrogens with two attached hydrogens (primary N) is 1. The maximum Gasteiger partial charge on any atom is 0.347 e. The molecule has 2 heterocycles. The van der Waals surface area contributed by atoms with E-state index in [4.69, 9.17) is 15.6 Å². The molecule has 0 saturated carbocycles. The standard InChI is InChI=1S/C10H15N3O4/c1-5-8(15)6(4-14)17-9(5)13-3-2-7(11)12-10(13)16/h6,8-9,14-15H,1-4H2,(H2,11,12,16)/t6-,8+,9-/m1/s1. The number of carbonyl (C=O) groups excluding carboxylic acids is 1. The lowest BCUT2D eigenvalue weighted by atomic mass is 10.1. The topological polar surface area (TPSA) is 108 Å². The van der Waals surface area contributed by atoms with Gasteiger partial charge in [-0.1, -0.05) is 6.58 Å². The van der Waals surface area contributed by atoms with E-state index in [0.29, 0.717) is 18.5 Å². The molecule has 2 rings (SSSR count). The number of rotatable bonds is 2. The molecule has 0 unspecified atom stereocenters. The minimum atomic E-state index is -0.971. The van der Waals surface area contributed by atoms with Gasteiger partial charge in [0.05, 0.1) is 6.61 Å². The lowest BCUT2D eigenvalue weighted by molar-refractivity contribution is -0.0606. The Morgan fingerprint density at radius 2 is 2.35 bits per heavy atom. The zero-order valence-electron chi connectivity index (χ0n) is 9.24. The van der Waals surface area contributed by atoms with Gasteiger partial charge in [-0.25, -0.2) is 4.79 Å². The molecule has 4 N–H and O–H groups in total. The molecule has 0 spiro atoms. The highest BCUT2D eigenvalue weighted by Gasteiger charge is 2.42. The molecule has 0 aromatic carbocycles. The highest BCUT2D eigenvalue weighted by atomic mass is 16.5. The molecule has 7 heteroatoms. The number of nitrogens with zero attached hydrogens (tertiary/aromatic N) is 2. The Kier molecular flexibility index (Phi) is 3.14. The molecule has 17 heavy (non-hydrogen) atoms. The fourth-order valence-electron chi connectivity index (χ4n) is 1.92. The third kappa shape index (κ3) is 2.04. The molecule has 7 nitrogen and oxygen atoms in total. The van der Waals surface area contributed by atoms with E-state index in [1.54, 1.807) is 0 Å². The van der Waals surface area contributed by atoms with E-state index in [-0.39, 0.29) is 12.4 Å². The van der Waals surface area contributed by atoms with Gasteiger partial charge in [-0.15, -0.1) is 0 Å². The van der Waals surface area contributed by atoms with E-state index in [2.05, 4.69) is 11.6 Å². The van der Waals surface area contributed by atoms with Crippen LogP contribution in [0.5, 0.6) is 0 Å². The zero-order valence-corrected chi connectivity index (χ0v) is 9.24. The molecule has 2 aliphatic heterocycles. The highest BCUT2D eigenvalue weighted by Crippen LogP contribution is 2.28. The Balaban J connectivity index is 2.14. The summed E-state index contributed by atoms with van der Waals surface area (Å²) in [7, 11) is 0. The quantitative estimate of drug-likeness (QED) is 0.526. The minimum Gasteiger partial charge on any atom is -0.394 e. The van der Waals surface area contributed by atoms with Gasteiger partial charge in [-0.2, -0.15) is 4.99 Å². The molecule has 3 atom stereocenters.